The molecule has 0 radical (unpaired) electrons. The fraction of sp³-hybridized carbons (Fsp3) is 0.400. The zero-order chi connectivity index (χ0) is 10.6. The molecule has 0 fully saturated rings. The van der Waals surface area contributed by atoms with Crippen LogP contribution in [0.25, 0.3) is 0 Å². The summed E-state index contributed by atoms with van der Waals surface area (Å²) in [6, 6.07) is 6.61. The minimum atomic E-state index is -0.394. The summed E-state index contributed by atoms with van der Waals surface area (Å²) in [4.78, 5) is 9.98. The third-order valence-corrected chi connectivity index (χ3v) is 2.52. The molecule has 0 aliphatic carbocycles. The summed E-state index contributed by atoms with van der Waals surface area (Å²) in [7, 11) is 0. The third-order valence-electron chi connectivity index (χ3n) is 1.99. The van der Waals surface area contributed by atoms with E-state index in [0.29, 0.717) is 11.8 Å². The second-order valence-electron chi connectivity index (χ2n) is 3.39. The molecule has 0 amide bonds. The van der Waals surface area contributed by atoms with E-state index in [1.165, 1.54) is 12.1 Å². The first-order valence-corrected chi connectivity index (χ1v) is 4.96. The Balaban J connectivity index is 2.68. The highest BCUT2D eigenvalue weighted by Crippen LogP contribution is 2.15. The molecule has 0 aromatic heterocycles. The van der Waals surface area contributed by atoms with Crippen LogP contribution in [0.2, 0.25) is 0 Å². The maximum absolute atomic E-state index is 10.4. The molecule has 0 aliphatic heterocycles. The molecule has 0 N–H and O–H groups in total. The van der Waals surface area contributed by atoms with E-state index in [1.54, 1.807) is 12.1 Å². The Morgan fingerprint density at radius 3 is 2.43 bits per heavy atom. The number of nitro groups is 1. The van der Waals surface area contributed by atoms with Gasteiger partial charge in [0, 0.05) is 18.0 Å². The van der Waals surface area contributed by atoms with Gasteiger partial charge < -0.3 is 0 Å². The van der Waals surface area contributed by atoms with Crippen LogP contribution < -0.4 is 0 Å². The fourth-order valence-electron chi connectivity index (χ4n) is 1.21. The standard InChI is InChI=1S/C10H12ClNO2/c1-8(7-11)6-9-2-4-10(5-3-9)12(13)14/h2-5,8H,6-7H2,1H3/t8-/m0/s1. The van der Waals surface area contributed by atoms with Crippen molar-refractivity contribution in [2.24, 2.45) is 5.92 Å². The zero-order valence-corrected chi connectivity index (χ0v) is 8.70. The van der Waals surface area contributed by atoms with Gasteiger partial charge in [-0.1, -0.05) is 19.1 Å². The van der Waals surface area contributed by atoms with Crippen LogP contribution >= 0.6 is 11.6 Å². The largest absolute Gasteiger partial charge is 0.269 e. The van der Waals surface area contributed by atoms with Crippen molar-refractivity contribution in [3.8, 4) is 0 Å². The minimum absolute atomic E-state index is 0.132. The van der Waals surface area contributed by atoms with E-state index in [1.807, 2.05) is 0 Å². The molecular weight excluding hydrogens is 202 g/mol. The van der Waals surface area contributed by atoms with Gasteiger partial charge in [-0.15, -0.1) is 11.6 Å². The molecule has 1 atom stereocenters. The number of rotatable bonds is 4. The molecule has 3 nitrogen and oxygen atoms in total. The van der Waals surface area contributed by atoms with E-state index in [-0.39, 0.29) is 5.69 Å². The summed E-state index contributed by atoms with van der Waals surface area (Å²) in [5, 5.41) is 10.4. The van der Waals surface area contributed by atoms with Gasteiger partial charge >= 0.3 is 0 Å². The number of non-ortho nitro benzene ring substituents is 1. The fourth-order valence-corrected chi connectivity index (χ4v) is 1.32. The van der Waals surface area contributed by atoms with Gasteiger partial charge in [-0.3, -0.25) is 10.1 Å². The van der Waals surface area contributed by atoms with Crippen molar-refractivity contribution >= 4 is 17.3 Å². The van der Waals surface area contributed by atoms with Gasteiger partial charge in [-0.05, 0) is 17.9 Å². The van der Waals surface area contributed by atoms with Crippen LogP contribution in [-0.2, 0) is 6.42 Å². The van der Waals surface area contributed by atoms with Crippen LogP contribution in [-0.4, -0.2) is 10.8 Å². The molecule has 0 aliphatic rings. The lowest BCUT2D eigenvalue weighted by Crippen LogP contribution is -2.00. The number of hydrogen-bond acceptors (Lipinski definition) is 2. The van der Waals surface area contributed by atoms with E-state index in [0.717, 1.165) is 12.0 Å². The average molecular weight is 214 g/mol. The SMILES string of the molecule is C[C@H](CCl)Cc1ccc([N+](=O)[O-])cc1. The van der Waals surface area contributed by atoms with Crippen LogP contribution in [0, 0.1) is 16.0 Å². The molecule has 0 heterocycles. The van der Waals surface area contributed by atoms with Crippen LogP contribution in [0.1, 0.15) is 12.5 Å². The molecule has 0 bridgehead atoms. The Kier molecular flexibility index (Phi) is 3.89. The molecule has 0 spiro atoms. The Labute approximate surface area is 87.8 Å². The van der Waals surface area contributed by atoms with Gasteiger partial charge in [0.25, 0.3) is 5.69 Å². The minimum Gasteiger partial charge on any atom is -0.258 e. The van der Waals surface area contributed by atoms with Gasteiger partial charge in [-0.25, -0.2) is 0 Å². The molecule has 1 rings (SSSR count). The maximum Gasteiger partial charge on any atom is 0.269 e. The van der Waals surface area contributed by atoms with E-state index >= 15 is 0 Å². The number of hydrogen-bond donors (Lipinski definition) is 0. The summed E-state index contributed by atoms with van der Waals surface area (Å²) < 4.78 is 0. The number of nitro benzene ring substituents is 1. The average Bonchev–Trinajstić information content (AvgIpc) is 2.18. The third kappa shape index (κ3) is 3.00. The van der Waals surface area contributed by atoms with Crippen molar-refractivity contribution in [3.63, 3.8) is 0 Å². The summed E-state index contributed by atoms with van der Waals surface area (Å²) in [6.07, 6.45) is 0.863. The van der Waals surface area contributed by atoms with Crippen molar-refractivity contribution in [3.05, 3.63) is 39.9 Å². The topological polar surface area (TPSA) is 43.1 Å². The lowest BCUT2D eigenvalue weighted by Gasteiger charge is -2.06. The second kappa shape index (κ2) is 4.96. The van der Waals surface area contributed by atoms with Gasteiger partial charge in [0.2, 0.25) is 0 Å². The van der Waals surface area contributed by atoms with Gasteiger partial charge in [0.15, 0.2) is 0 Å². The van der Waals surface area contributed by atoms with Crippen molar-refractivity contribution in [2.45, 2.75) is 13.3 Å². The molecule has 0 unspecified atom stereocenters. The lowest BCUT2D eigenvalue weighted by atomic mass is 10.0. The van der Waals surface area contributed by atoms with Gasteiger partial charge in [0.05, 0.1) is 4.92 Å². The Bertz CT molecular complexity index is 310. The predicted octanol–water partition coefficient (Wildman–Crippen LogP) is 3.01. The number of alkyl halides is 1. The molecule has 1 aromatic rings. The van der Waals surface area contributed by atoms with Crippen molar-refractivity contribution < 1.29 is 4.92 Å². The van der Waals surface area contributed by atoms with E-state index in [2.05, 4.69) is 6.92 Å². The summed E-state index contributed by atoms with van der Waals surface area (Å²) >= 11 is 5.68. The van der Waals surface area contributed by atoms with Crippen molar-refractivity contribution in [2.75, 3.05) is 5.88 Å². The number of halogens is 1. The lowest BCUT2D eigenvalue weighted by molar-refractivity contribution is -0.384. The summed E-state index contributed by atoms with van der Waals surface area (Å²) in [5.74, 6) is 1.01. The molecule has 76 valence electrons. The van der Waals surface area contributed by atoms with Crippen LogP contribution in [0.3, 0.4) is 0 Å². The quantitative estimate of drug-likeness (QED) is 0.438. The molecule has 4 heteroatoms. The summed E-state index contributed by atoms with van der Waals surface area (Å²) in [6.45, 7) is 2.05. The van der Waals surface area contributed by atoms with E-state index < -0.39 is 4.92 Å². The first-order chi connectivity index (χ1) is 6.63. The Morgan fingerprint density at radius 2 is 2.00 bits per heavy atom. The zero-order valence-electron chi connectivity index (χ0n) is 7.94. The first kappa shape index (κ1) is 11.0. The normalized spacial score (nSPS) is 12.4. The van der Waals surface area contributed by atoms with Crippen LogP contribution in [0.15, 0.2) is 24.3 Å². The molecule has 14 heavy (non-hydrogen) atoms. The first-order valence-electron chi connectivity index (χ1n) is 4.42. The highest BCUT2D eigenvalue weighted by Gasteiger charge is 2.06. The second-order valence-corrected chi connectivity index (χ2v) is 3.70. The maximum atomic E-state index is 10.4. The molecule has 0 saturated carbocycles. The smallest absolute Gasteiger partial charge is 0.258 e. The monoisotopic (exact) mass is 213 g/mol. The Morgan fingerprint density at radius 1 is 1.43 bits per heavy atom. The van der Waals surface area contributed by atoms with Crippen LogP contribution in [0.4, 0.5) is 5.69 Å². The van der Waals surface area contributed by atoms with Crippen molar-refractivity contribution in [1.29, 1.82) is 0 Å². The highest BCUT2D eigenvalue weighted by molar-refractivity contribution is 6.18. The van der Waals surface area contributed by atoms with Gasteiger partial charge in [-0.2, -0.15) is 0 Å². The van der Waals surface area contributed by atoms with Gasteiger partial charge in [0.1, 0.15) is 0 Å². The van der Waals surface area contributed by atoms with E-state index in [9.17, 15) is 10.1 Å². The predicted molar refractivity (Wildman–Crippen MR) is 56.7 cm³/mol. The Hall–Kier alpha value is -1.09. The highest BCUT2D eigenvalue weighted by atomic mass is 35.5. The number of benzene rings is 1. The van der Waals surface area contributed by atoms with E-state index in [4.69, 9.17) is 11.6 Å². The molecular formula is C10H12ClNO2. The molecule has 0 saturated heterocycles. The summed E-state index contributed by atoms with van der Waals surface area (Å²) in [5.41, 5.74) is 1.22. The molecule has 1 aromatic carbocycles. The number of nitrogens with zero attached hydrogens (tertiary/aromatic N) is 1. The van der Waals surface area contributed by atoms with Crippen molar-refractivity contribution in [1.82, 2.24) is 0 Å². The van der Waals surface area contributed by atoms with Crippen LogP contribution in [0.5, 0.6) is 0 Å².